The third-order valence-corrected chi connectivity index (χ3v) is 13.5. The molecule has 11 heteroatoms. The number of benzene rings is 2. The summed E-state index contributed by atoms with van der Waals surface area (Å²) in [4.78, 5) is 47.1. The van der Waals surface area contributed by atoms with E-state index in [2.05, 4.69) is 26.2 Å². The highest BCUT2D eigenvalue weighted by atomic mass is 35.5. The number of carbonyl (C=O) groups is 4. The average Bonchev–Trinajstić information content (AvgIpc) is 2.83. The van der Waals surface area contributed by atoms with Gasteiger partial charge in [-0.1, -0.05) is 24.3 Å². The minimum absolute atomic E-state index is 0.247. The van der Waals surface area contributed by atoms with Gasteiger partial charge in [-0.15, -0.1) is 0 Å². The van der Waals surface area contributed by atoms with Crippen molar-refractivity contribution in [3.63, 3.8) is 0 Å². The van der Waals surface area contributed by atoms with Crippen LogP contribution in [0.4, 0.5) is 0 Å². The fourth-order valence-corrected chi connectivity index (χ4v) is 12.9. The van der Waals surface area contributed by atoms with Gasteiger partial charge in [-0.05, 0) is 98.6 Å². The van der Waals surface area contributed by atoms with E-state index < -0.39 is 39.1 Å². The van der Waals surface area contributed by atoms with Crippen molar-refractivity contribution in [3.8, 4) is 0 Å². The zero-order chi connectivity index (χ0) is 27.6. The van der Waals surface area contributed by atoms with Crippen molar-refractivity contribution in [2.24, 2.45) is 0 Å². The molecule has 0 amide bonds. The molecule has 0 fully saturated rings. The van der Waals surface area contributed by atoms with E-state index in [9.17, 15) is 19.2 Å². The highest BCUT2D eigenvalue weighted by Crippen LogP contribution is 2.24. The second-order valence-electron chi connectivity index (χ2n) is 9.81. The molecule has 0 spiro atoms. The molecule has 200 valence electrons. The van der Waals surface area contributed by atoms with Crippen molar-refractivity contribution in [2.45, 2.75) is 51.1 Å². The number of hydrogen-bond donors (Lipinski definition) is 0. The van der Waals surface area contributed by atoms with Gasteiger partial charge in [0.2, 0.25) is 0 Å². The third kappa shape index (κ3) is 10.9. The molecule has 0 bridgehead atoms. The van der Waals surface area contributed by atoms with E-state index in [0.717, 1.165) is 12.1 Å². The van der Waals surface area contributed by atoms with Crippen LogP contribution in [0.25, 0.3) is 0 Å². The Labute approximate surface area is 229 Å². The molecule has 2 rings (SSSR count). The highest BCUT2D eigenvalue weighted by molar-refractivity contribution is 6.84. The molecule has 7 nitrogen and oxygen atoms in total. The molecule has 0 aliphatic rings. The normalized spacial score (nSPS) is 11.6. The van der Waals surface area contributed by atoms with Crippen LogP contribution in [0.5, 0.6) is 0 Å². The second kappa shape index (κ2) is 14.0. The molecule has 0 N–H and O–H groups in total. The monoisotopic (exact) mass is 582 g/mol. The summed E-state index contributed by atoms with van der Waals surface area (Å²) in [5, 5.41) is -1.25. The van der Waals surface area contributed by atoms with Gasteiger partial charge < -0.3 is 13.6 Å². The predicted octanol–water partition coefficient (Wildman–Crippen LogP) is 6.67. The molecule has 0 radical (unpaired) electrons. The summed E-state index contributed by atoms with van der Waals surface area (Å²) in [7, 11) is -4.02. The number of halogens is 2. The Morgan fingerprint density at radius 3 is 1.35 bits per heavy atom. The molecule has 0 aromatic heterocycles. The number of rotatable bonds is 14. The van der Waals surface area contributed by atoms with Crippen molar-refractivity contribution >= 4 is 62.3 Å². The summed E-state index contributed by atoms with van der Waals surface area (Å²) in [6, 6.07) is 13.9. The minimum Gasteiger partial charge on any atom is -0.462 e. The maximum Gasteiger partial charge on any atom is 0.338 e. The van der Waals surface area contributed by atoms with E-state index in [1.807, 2.05) is 0 Å². The van der Waals surface area contributed by atoms with E-state index in [1.54, 1.807) is 24.3 Å². The maximum absolute atomic E-state index is 12.3. The fourth-order valence-electron chi connectivity index (χ4n) is 3.88. The lowest BCUT2D eigenvalue weighted by Crippen LogP contribution is -2.44. The molecule has 0 saturated carbocycles. The van der Waals surface area contributed by atoms with Crippen molar-refractivity contribution < 1.29 is 32.8 Å². The van der Waals surface area contributed by atoms with Gasteiger partial charge in [-0.2, -0.15) is 0 Å². The summed E-state index contributed by atoms with van der Waals surface area (Å²) in [5.74, 6) is -0.990. The van der Waals surface area contributed by atoms with E-state index in [0.29, 0.717) is 12.8 Å². The topological polar surface area (TPSA) is 96.0 Å². The van der Waals surface area contributed by atoms with Gasteiger partial charge in [0.15, 0.2) is 16.6 Å². The van der Waals surface area contributed by atoms with E-state index in [1.165, 1.54) is 24.3 Å². The van der Waals surface area contributed by atoms with Crippen molar-refractivity contribution in [2.75, 3.05) is 13.2 Å². The fraction of sp³-hybridized carbons (Fsp3) is 0.385. The number of hydrogen-bond acceptors (Lipinski definition) is 7. The zero-order valence-corrected chi connectivity index (χ0v) is 25.0. The number of carbonyl (C=O) groups excluding carboxylic acids is 4. The Morgan fingerprint density at radius 1 is 0.649 bits per heavy atom. The first-order valence-corrected chi connectivity index (χ1v) is 18.9. The summed E-state index contributed by atoms with van der Waals surface area (Å²) in [6.07, 6.45) is 1.34. The first kappa shape index (κ1) is 30.9. The summed E-state index contributed by atoms with van der Waals surface area (Å²) in [5.41, 5.74) is 1.07. The number of esters is 2. The summed E-state index contributed by atoms with van der Waals surface area (Å²) >= 11 is 10.9. The first-order chi connectivity index (χ1) is 17.3. The molecule has 0 aliphatic heterocycles. The van der Waals surface area contributed by atoms with Gasteiger partial charge >= 0.3 is 11.9 Å². The Kier molecular flexibility index (Phi) is 11.7. The van der Waals surface area contributed by atoms with Crippen LogP contribution < -0.4 is 0 Å². The molecule has 37 heavy (non-hydrogen) atoms. The molecule has 2 aromatic carbocycles. The van der Waals surface area contributed by atoms with Crippen LogP contribution in [0.2, 0.25) is 38.3 Å². The molecule has 0 aliphatic carbocycles. The van der Waals surface area contributed by atoms with Crippen LogP contribution in [0.3, 0.4) is 0 Å². The van der Waals surface area contributed by atoms with Crippen LogP contribution in [-0.2, 0) is 13.6 Å². The van der Waals surface area contributed by atoms with Gasteiger partial charge in [0.25, 0.3) is 10.5 Å². The largest absolute Gasteiger partial charge is 0.462 e. The summed E-state index contributed by atoms with van der Waals surface area (Å²) < 4.78 is 17.3. The molecule has 0 heterocycles. The lowest BCUT2D eigenvalue weighted by Gasteiger charge is -2.34. The third-order valence-electron chi connectivity index (χ3n) is 5.52. The smallest absolute Gasteiger partial charge is 0.338 e. The minimum atomic E-state index is -2.01. The maximum atomic E-state index is 12.3. The van der Waals surface area contributed by atoms with Crippen LogP contribution in [0.1, 0.15) is 54.3 Å². The van der Waals surface area contributed by atoms with E-state index >= 15 is 0 Å². The quantitative estimate of drug-likeness (QED) is 0.106. The van der Waals surface area contributed by atoms with Crippen LogP contribution in [0, 0.1) is 0 Å². The van der Waals surface area contributed by atoms with Crippen molar-refractivity contribution in [1.29, 1.82) is 0 Å². The van der Waals surface area contributed by atoms with Crippen LogP contribution in [-0.4, -0.2) is 52.3 Å². The standard InChI is InChI=1S/C26H32Cl2O7Si2/c1-36(2,15-7-13-33-25(31)21-11-5-9-19(17-21)23(27)29)35-37(3,4)16-8-14-34-26(32)22-12-6-10-20(18-22)24(28)30/h5-6,9-12,17-18H,7-8,13-16H2,1-4H3. The molecule has 0 atom stereocenters. The van der Waals surface area contributed by atoms with Crippen LogP contribution >= 0.6 is 23.2 Å². The van der Waals surface area contributed by atoms with Gasteiger partial charge in [-0.3, -0.25) is 9.59 Å². The SMILES string of the molecule is C[Si](C)(CCCOC(=O)c1cccc(C(=O)Cl)c1)O[Si](C)(C)CCCOC(=O)c1cccc(C(=O)Cl)c1. The molecule has 2 aromatic rings. The Bertz CT molecular complexity index is 1050. The van der Waals surface area contributed by atoms with Gasteiger partial charge in [0.05, 0.1) is 24.3 Å². The van der Waals surface area contributed by atoms with E-state index in [-0.39, 0.29) is 35.5 Å². The molecular weight excluding hydrogens is 551 g/mol. The van der Waals surface area contributed by atoms with Gasteiger partial charge in [0.1, 0.15) is 0 Å². The van der Waals surface area contributed by atoms with Crippen molar-refractivity contribution in [3.05, 3.63) is 70.8 Å². The Hall–Kier alpha value is -2.31. The highest BCUT2D eigenvalue weighted by Gasteiger charge is 2.32. The van der Waals surface area contributed by atoms with Crippen LogP contribution in [0.15, 0.2) is 48.5 Å². The molecular formula is C26H32Cl2O7Si2. The molecule has 0 unspecified atom stereocenters. The average molecular weight is 584 g/mol. The predicted molar refractivity (Wildman–Crippen MR) is 149 cm³/mol. The second-order valence-corrected chi connectivity index (χ2v) is 19.4. The lowest BCUT2D eigenvalue weighted by atomic mass is 10.1. The van der Waals surface area contributed by atoms with Gasteiger partial charge in [-0.25, -0.2) is 9.59 Å². The Morgan fingerprint density at radius 2 is 1.00 bits per heavy atom. The zero-order valence-electron chi connectivity index (χ0n) is 21.5. The lowest BCUT2D eigenvalue weighted by molar-refractivity contribution is 0.0495. The molecule has 0 saturated heterocycles. The summed E-state index contributed by atoms with van der Waals surface area (Å²) in [6.45, 7) is 9.08. The Balaban J connectivity index is 1.72. The van der Waals surface area contributed by atoms with E-state index in [4.69, 9.17) is 36.8 Å². The number of ether oxygens (including phenoxy) is 2. The van der Waals surface area contributed by atoms with Gasteiger partial charge in [0, 0.05) is 11.1 Å². The first-order valence-electron chi connectivity index (χ1n) is 11.9. The van der Waals surface area contributed by atoms with Crippen molar-refractivity contribution in [1.82, 2.24) is 0 Å².